The highest BCUT2D eigenvalue weighted by Gasteiger charge is 2.51. The summed E-state index contributed by atoms with van der Waals surface area (Å²) in [5.74, 6) is 2.32. The van der Waals surface area contributed by atoms with Gasteiger partial charge in [-0.3, -0.25) is 0 Å². The molecule has 2 heterocycles. The van der Waals surface area contributed by atoms with Gasteiger partial charge in [0.1, 0.15) is 11.5 Å². The summed E-state index contributed by atoms with van der Waals surface area (Å²) >= 11 is 0. The molecule has 1 aliphatic heterocycles. The maximum Gasteiger partial charge on any atom is 0.160 e. The molecule has 5 heteroatoms. The fourth-order valence-corrected chi connectivity index (χ4v) is 9.08. The second kappa shape index (κ2) is 13.9. The van der Waals surface area contributed by atoms with Gasteiger partial charge in [-0.05, 0) is 93.0 Å². The lowest BCUT2D eigenvalue weighted by molar-refractivity contribution is 0.436. The Morgan fingerprint density at radius 1 is 0.367 bits per heavy atom. The first-order chi connectivity index (χ1) is 29.6. The molecule has 0 radical (unpaired) electrons. The molecule has 0 saturated heterocycles. The summed E-state index contributed by atoms with van der Waals surface area (Å²) in [6.07, 6.45) is 0. The van der Waals surface area contributed by atoms with Crippen LogP contribution in [0.4, 0.5) is 0 Å². The van der Waals surface area contributed by atoms with E-state index in [0.717, 1.165) is 84.1 Å². The van der Waals surface area contributed by atoms with Crippen molar-refractivity contribution in [1.82, 2.24) is 9.97 Å². The fourth-order valence-electron chi connectivity index (χ4n) is 9.08. The van der Waals surface area contributed by atoms with E-state index < -0.39 is 5.41 Å². The number of nitriles is 2. The van der Waals surface area contributed by atoms with Crippen LogP contribution in [0.3, 0.4) is 0 Å². The first kappa shape index (κ1) is 34.8. The van der Waals surface area contributed by atoms with Crippen molar-refractivity contribution in [3.63, 3.8) is 0 Å². The largest absolute Gasteiger partial charge is 0.457 e. The third-order valence-electron chi connectivity index (χ3n) is 11.8. The third-order valence-corrected chi connectivity index (χ3v) is 11.8. The van der Waals surface area contributed by atoms with Gasteiger partial charge in [-0.1, -0.05) is 146 Å². The van der Waals surface area contributed by atoms with Crippen LogP contribution in [0.2, 0.25) is 0 Å². The molecule has 0 bridgehead atoms. The molecule has 11 rings (SSSR count). The molecule has 9 aromatic rings. The third kappa shape index (κ3) is 5.53. The van der Waals surface area contributed by atoms with Gasteiger partial charge in [0, 0.05) is 27.8 Å². The molecule has 0 fully saturated rings. The van der Waals surface area contributed by atoms with Crippen molar-refractivity contribution >= 4 is 0 Å². The Morgan fingerprint density at radius 3 is 1.42 bits per heavy atom. The van der Waals surface area contributed by atoms with Crippen molar-refractivity contribution < 1.29 is 4.74 Å². The maximum absolute atomic E-state index is 9.60. The summed E-state index contributed by atoms with van der Waals surface area (Å²) in [6, 6.07) is 70.9. The second-order valence-electron chi connectivity index (χ2n) is 15.2. The Kier molecular flexibility index (Phi) is 8.08. The van der Waals surface area contributed by atoms with E-state index in [1.165, 1.54) is 11.1 Å². The van der Waals surface area contributed by atoms with Crippen LogP contribution < -0.4 is 4.74 Å². The highest BCUT2D eigenvalue weighted by molar-refractivity contribution is 5.92. The first-order valence-corrected chi connectivity index (χ1v) is 19.8. The van der Waals surface area contributed by atoms with E-state index in [0.29, 0.717) is 17.0 Å². The lowest BCUT2D eigenvalue weighted by atomic mass is 9.65. The average Bonchev–Trinajstić information content (AvgIpc) is 3.61. The number of hydrogen-bond donors (Lipinski definition) is 0. The second-order valence-corrected chi connectivity index (χ2v) is 15.2. The molecule has 5 nitrogen and oxygen atoms in total. The molecule has 0 amide bonds. The van der Waals surface area contributed by atoms with Crippen LogP contribution in [0.15, 0.2) is 194 Å². The van der Waals surface area contributed by atoms with Crippen molar-refractivity contribution in [2.24, 2.45) is 0 Å². The average molecular weight is 765 g/mol. The molecule has 0 atom stereocenters. The summed E-state index contributed by atoms with van der Waals surface area (Å²) in [7, 11) is 0. The van der Waals surface area contributed by atoms with Gasteiger partial charge >= 0.3 is 0 Å². The van der Waals surface area contributed by atoms with Gasteiger partial charge in [0.2, 0.25) is 0 Å². The molecule has 2 aliphatic rings. The molecule has 0 N–H and O–H groups in total. The molecule has 1 aromatic heterocycles. The van der Waals surface area contributed by atoms with Crippen LogP contribution in [0.1, 0.15) is 33.4 Å². The van der Waals surface area contributed by atoms with E-state index in [-0.39, 0.29) is 0 Å². The minimum atomic E-state index is -0.703. The van der Waals surface area contributed by atoms with Crippen LogP contribution in [0, 0.1) is 22.7 Å². The number of aromatic nitrogens is 2. The van der Waals surface area contributed by atoms with Gasteiger partial charge in [-0.2, -0.15) is 10.5 Å². The maximum atomic E-state index is 9.60. The van der Waals surface area contributed by atoms with Crippen LogP contribution >= 0.6 is 0 Å². The summed E-state index contributed by atoms with van der Waals surface area (Å²) in [4.78, 5) is 10.3. The van der Waals surface area contributed by atoms with Crippen LogP contribution in [0.25, 0.3) is 67.3 Å². The summed E-state index contributed by atoms with van der Waals surface area (Å²) in [6.45, 7) is 0. The lowest BCUT2D eigenvalue weighted by Gasteiger charge is -2.39. The predicted molar refractivity (Wildman–Crippen MR) is 236 cm³/mol. The first-order valence-electron chi connectivity index (χ1n) is 19.8. The number of hydrogen-bond acceptors (Lipinski definition) is 5. The van der Waals surface area contributed by atoms with Crippen molar-refractivity contribution in [1.29, 1.82) is 10.5 Å². The zero-order valence-electron chi connectivity index (χ0n) is 32.2. The minimum absolute atomic E-state index is 0.463. The Labute approximate surface area is 347 Å². The van der Waals surface area contributed by atoms with Gasteiger partial charge in [0.05, 0.1) is 40.1 Å². The van der Waals surface area contributed by atoms with Gasteiger partial charge in [-0.25, -0.2) is 9.97 Å². The van der Waals surface area contributed by atoms with Gasteiger partial charge in [0.15, 0.2) is 5.82 Å². The molecule has 60 heavy (non-hydrogen) atoms. The Balaban J connectivity index is 1.11. The number of rotatable bonds is 5. The van der Waals surface area contributed by atoms with Gasteiger partial charge in [0.25, 0.3) is 0 Å². The Morgan fingerprint density at radius 2 is 0.833 bits per heavy atom. The Hall–Kier alpha value is -8.38. The number of benzene rings is 8. The fraction of sp³-hybridized carbons (Fsp3) is 0.0182. The highest BCUT2D eigenvalue weighted by atomic mass is 16.5. The molecule has 0 unspecified atom stereocenters. The summed E-state index contributed by atoms with van der Waals surface area (Å²) in [5.41, 5.74) is 15.6. The van der Waals surface area contributed by atoms with Gasteiger partial charge < -0.3 is 4.74 Å². The van der Waals surface area contributed by atoms with Crippen molar-refractivity contribution in [3.8, 4) is 90.9 Å². The number of nitrogens with zero attached hydrogens (tertiary/aromatic N) is 4. The monoisotopic (exact) mass is 764 g/mol. The van der Waals surface area contributed by atoms with Crippen molar-refractivity contribution in [3.05, 3.63) is 228 Å². The van der Waals surface area contributed by atoms with E-state index in [9.17, 15) is 10.5 Å². The topological polar surface area (TPSA) is 82.6 Å². The van der Waals surface area contributed by atoms with E-state index in [1.54, 1.807) is 6.07 Å². The molecular formula is C55H32N4O. The van der Waals surface area contributed by atoms with Crippen molar-refractivity contribution in [2.45, 2.75) is 5.41 Å². The number of para-hydroxylation sites is 2. The van der Waals surface area contributed by atoms with Crippen LogP contribution in [-0.2, 0) is 5.41 Å². The summed E-state index contributed by atoms with van der Waals surface area (Å²) in [5, 5.41) is 19.2. The van der Waals surface area contributed by atoms with E-state index in [2.05, 4.69) is 140 Å². The van der Waals surface area contributed by atoms with Crippen molar-refractivity contribution in [2.75, 3.05) is 0 Å². The zero-order chi connectivity index (χ0) is 40.2. The number of ether oxygens (including phenoxy) is 1. The molecule has 8 aromatic carbocycles. The standard InChI is InChI=1S/C55H32N4O/c56-33-35-27-36(34-57)29-43(28-35)38-21-19-37(20-22-38)41-23-25-44-45-26-24-42(51-32-50(39-11-3-1-4-12-39)58-54(59-51)40-13-5-2-6-14-40)31-49(45)55(48(44)30-41)46-15-7-9-17-52(46)60-53-18-10-8-16-47(53)55/h1-32H. The smallest absolute Gasteiger partial charge is 0.160 e. The lowest BCUT2D eigenvalue weighted by Crippen LogP contribution is -2.32. The molecule has 1 spiro atoms. The minimum Gasteiger partial charge on any atom is -0.457 e. The van der Waals surface area contributed by atoms with Gasteiger partial charge in [-0.15, -0.1) is 0 Å². The zero-order valence-corrected chi connectivity index (χ0v) is 32.2. The molecule has 278 valence electrons. The van der Waals surface area contributed by atoms with E-state index >= 15 is 0 Å². The van der Waals surface area contributed by atoms with E-state index in [4.69, 9.17) is 14.7 Å². The quantitative estimate of drug-likeness (QED) is 0.174. The van der Waals surface area contributed by atoms with Crippen LogP contribution in [-0.4, -0.2) is 9.97 Å². The van der Waals surface area contributed by atoms with E-state index in [1.807, 2.05) is 60.7 Å². The summed E-state index contributed by atoms with van der Waals surface area (Å²) < 4.78 is 6.68. The molecule has 0 saturated carbocycles. The van der Waals surface area contributed by atoms with Crippen LogP contribution in [0.5, 0.6) is 11.5 Å². The SMILES string of the molecule is N#Cc1cc(C#N)cc(-c2ccc(-c3ccc4c(c3)C3(c5ccccc5Oc5ccccc53)c3cc(-c5cc(-c6ccccc6)nc(-c6ccccc6)n5)ccc3-4)cc2)c1. The normalized spacial score (nSPS) is 12.6. The number of fused-ring (bicyclic) bond motifs is 9. The predicted octanol–water partition coefficient (Wildman–Crippen LogP) is 13.0. The molecule has 1 aliphatic carbocycles. The highest BCUT2D eigenvalue weighted by Crippen LogP contribution is 2.62. The Bertz CT molecular complexity index is 3120. The molecular weight excluding hydrogens is 733 g/mol.